The molecule has 0 aromatic heterocycles. The summed E-state index contributed by atoms with van der Waals surface area (Å²) in [6.45, 7) is 1.88. The molecule has 5 rings (SSSR count). The summed E-state index contributed by atoms with van der Waals surface area (Å²) in [6, 6.07) is -0.308. The Balaban J connectivity index is 1.64. The molecule has 4 saturated heterocycles. The number of hydrogen-bond donors (Lipinski definition) is 1. The molecule has 1 spiro atoms. The van der Waals surface area contributed by atoms with Crippen LogP contribution in [0.25, 0.3) is 0 Å². The number of nitrogens with zero attached hydrogens (tertiary/aromatic N) is 2. The van der Waals surface area contributed by atoms with E-state index in [0.29, 0.717) is 26.1 Å². The van der Waals surface area contributed by atoms with Gasteiger partial charge in [-0.25, -0.2) is 4.79 Å². The molecule has 1 aliphatic carbocycles. The van der Waals surface area contributed by atoms with E-state index >= 15 is 0 Å². The Kier molecular flexibility index (Phi) is 7.04. The van der Waals surface area contributed by atoms with Crippen LogP contribution in [0.1, 0.15) is 70.6 Å². The Morgan fingerprint density at radius 3 is 2.69 bits per heavy atom. The van der Waals surface area contributed by atoms with Crippen molar-refractivity contribution in [3.05, 3.63) is 0 Å². The number of rotatable bonds is 5. The normalized spacial score (nSPS) is 40.1. The van der Waals surface area contributed by atoms with Crippen molar-refractivity contribution in [2.75, 3.05) is 33.6 Å². The van der Waals surface area contributed by atoms with Crippen molar-refractivity contribution in [3.63, 3.8) is 0 Å². The second-order valence-corrected chi connectivity index (χ2v) is 11.4. The van der Waals surface area contributed by atoms with Crippen LogP contribution in [-0.4, -0.2) is 84.3 Å². The number of carbonyl (C=O) groups excluding carboxylic acids is 2. The van der Waals surface area contributed by atoms with Crippen LogP contribution in [0.5, 0.6) is 0 Å². The van der Waals surface area contributed by atoms with Gasteiger partial charge in [-0.3, -0.25) is 9.69 Å². The number of carbonyl (C=O) groups is 2. The van der Waals surface area contributed by atoms with Gasteiger partial charge in [0.25, 0.3) is 0 Å². The first-order chi connectivity index (χ1) is 17.0. The number of methoxy groups -OCH3 is 1. The zero-order chi connectivity index (χ0) is 24.6. The Bertz CT molecular complexity index is 859. The molecule has 1 N–H and O–H groups in total. The summed E-state index contributed by atoms with van der Waals surface area (Å²) >= 11 is 0. The zero-order valence-corrected chi connectivity index (χ0v) is 21.0. The highest BCUT2D eigenvalue weighted by Crippen LogP contribution is 2.65. The van der Waals surface area contributed by atoms with E-state index in [0.717, 1.165) is 44.9 Å². The van der Waals surface area contributed by atoms with Crippen LogP contribution < -0.4 is 0 Å². The summed E-state index contributed by atoms with van der Waals surface area (Å²) in [5.74, 6) is 2.99. The lowest BCUT2D eigenvalue weighted by molar-refractivity contribution is -0.188. The van der Waals surface area contributed by atoms with E-state index in [4.69, 9.17) is 20.6 Å². The zero-order valence-electron chi connectivity index (χ0n) is 21.0. The monoisotopic (exact) mass is 488 g/mol. The van der Waals surface area contributed by atoms with Crippen LogP contribution in [0.3, 0.4) is 0 Å². The summed E-state index contributed by atoms with van der Waals surface area (Å²) in [6.07, 6.45) is 14.0. The number of cyclic esters (lactones) is 1. The highest BCUT2D eigenvalue weighted by Gasteiger charge is 2.78. The van der Waals surface area contributed by atoms with Gasteiger partial charge >= 0.3 is 6.09 Å². The number of piperidine rings is 1. The van der Waals surface area contributed by atoms with E-state index in [-0.39, 0.29) is 36.0 Å². The van der Waals surface area contributed by atoms with E-state index in [2.05, 4.69) is 5.92 Å². The predicted molar refractivity (Wildman–Crippen MR) is 128 cm³/mol. The lowest BCUT2D eigenvalue weighted by Gasteiger charge is -2.63. The topological polar surface area (TPSA) is 88.5 Å². The van der Waals surface area contributed by atoms with Crippen LogP contribution in [-0.2, 0) is 19.0 Å². The molecule has 4 aliphatic heterocycles. The van der Waals surface area contributed by atoms with Gasteiger partial charge in [0.1, 0.15) is 12.3 Å². The molecule has 4 bridgehead atoms. The average Bonchev–Trinajstić information content (AvgIpc) is 3.26. The molecule has 5 aliphatic rings. The minimum absolute atomic E-state index is 0.136. The van der Waals surface area contributed by atoms with E-state index in [1.807, 2.05) is 9.80 Å². The third kappa shape index (κ3) is 3.86. The fourth-order valence-corrected chi connectivity index (χ4v) is 8.48. The maximum absolute atomic E-state index is 13.8. The van der Waals surface area contributed by atoms with Gasteiger partial charge in [0.2, 0.25) is 5.91 Å². The van der Waals surface area contributed by atoms with Crippen molar-refractivity contribution in [2.45, 2.75) is 94.4 Å². The fraction of sp³-hybridized carbons (Fsp3) is 0.852. The molecule has 2 amide bonds. The second kappa shape index (κ2) is 9.91. The molecule has 1 saturated carbocycles. The quantitative estimate of drug-likeness (QED) is 0.364. The highest BCUT2D eigenvalue weighted by molar-refractivity contribution is 5.79. The molecule has 0 aromatic rings. The van der Waals surface area contributed by atoms with Crippen LogP contribution in [0.2, 0.25) is 0 Å². The predicted octanol–water partition coefficient (Wildman–Crippen LogP) is 2.92. The smallest absolute Gasteiger partial charge is 0.410 e. The average molecular weight is 489 g/mol. The van der Waals surface area contributed by atoms with Crippen molar-refractivity contribution < 1.29 is 28.9 Å². The fourth-order valence-electron chi connectivity index (χ4n) is 8.48. The van der Waals surface area contributed by atoms with Crippen molar-refractivity contribution in [3.8, 4) is 12.3 Å². The van der Waals surface area contributed by atoms with Crippen LogP contribution in [0.4, 0.5) is 4.79 Å². The van der Waals surface area contributed by atoms with Crippen molar-refractivity contribution in [2.24, 2.45) is 17.3 Å². The largest absolute Gasteiger partial charge is 0.440 e. The molecular weight excluding hydrogens is 448 g/mol. The molecule has 35 heavy (non-hydrogen) atoms. The summed E-state index contributed by atoms with van der Waals surface area (Å²) in [5, 5.41) is 11.0. The molecule has 0 radical (unpaired) electrons. The maximum Gasteiger partial charge on any atom is 0.410 e. The summed E-state index contributed by atoms with van der Waals surface area (Å²) in [4.78, 5) is 30.9. The number of aliphatic hydroxyl groups excluding tert-OH is 1. The number of amides is 2. The number of terminal acetylenes is 1. The van der Waals surface area contributed by atoms with Gasteiger partial charge in [-0.05, 0) is 37.5 Å². The van der Waals surface area contributed by atoms with Crippen molar-refractivity contribution in [1.29, 1.82) is 0 Å². The van der Waals surface area contributed by atoms with Gasteiger partial charge < -0.3 is 24.2 Å². The van der Waals surface area contributed by atoms with Crippen molar-refractivity contribution in [1.82, 2.24) is 9.80 Å². The molecule has 4 heterocycles. The standard InChI is InChI=1S/C27H40N2O6/c1-3-21(30)23-27-20-12-14-28-22(31)11-9-7-5-4-6-8-10-13-26(24(27)28,17-34-18-33-2)15-19(20)16-29(27)25(32)35-23/h1,19-21,23-24,30H,4-18H2,2H3/t19-,20+,21-,23+,24-,26-,27+/m0/s1. The van der Waals surface area contributed by atoms with Crippen LogP contribution in [0, 0.1) is 29.6 Å². The molecule has 8 heteroatoms. The molecule has 0 unspecified atom stereocenters. The van der Waals surface area contributed by atoms with Gasteiger partial charge in [0.15, 0.2) is 12.2 Å². The van der Waals surface area contributed by atoms with Gasteiger partial charge in [-0.15, -0.1) is 6.42 Å². The first-order valence-corrected chi connectivity index (χ1v) is 13.5. The summed E-state index contributed by atoms with van der Waals surface area (Å²) in [5.41, 5.74) is -1.19. The lowest BCUT2D eigenvalue weighted by atomic mass is 9.50. The third-order valence-corrected chi connectivity index (χ3v) is 9.56. The molecule has 8 nitrogen and oxygen atoms in total. The maximum atomic E-state index is 13.8. The molecule has 0 aromatic carbocycles. The SMILES string of the molecule is C#C[C@H](O)[C@H]1OC(=O)N2C[C@@H]3C[C@]4(COCOC)CCCCCCCCCC(=O)N5CC[C@H]3[C@]12[C@@H]54. The number of hydrogen-bond acceptors (Lipinski definition) is 6. The van der Waals surface area contributed by atoms with Gasteiger partial charge in [-0.1, -0.05) is 44.4 Å². The van der Waals surface area contributed by atoms with E-state index in [1.165, 1.54) is 19.3 Å². The Morgan fingerprint density at radius 2 is 1.94 bits per heavy atom. The summed E-state index contributed by atoms with van der Waals surface area (Å²) < 4.78 is 17.2. The first-order valence-electron chi connectivity index (χ1n) is 13.5. The number of aliphatic hydroxyl groups is 1. The Morgan fingerprint density at radius 1 is 1.20 bits per heavy atom. The minimum Gasteiger partial charge on any atom is -0.440 e. The van der Waals surface area contributed by atoms with Crippen LogP contribution >= 0.6 is 0 Å². The molecule has 194 valence electrons. The third-order valence-electron chi connectivity index (χ3n) is 9.56. The van der Waals surface area contributed by atoms with E-state index in [9.17, 15) is 14.7 Å². The molecular formula is C27H40N2O6. The summed E-state index contributed by atoms with van der Waals surface area (Å²) in [7, 11) is 1.61. The van der Waals surface area contributed by atoms with E-state index < -0.39 is 23.8 Å². The van der Waals surface area contributed by atoms with Gasteiger partial charge in [0.05, 0.1) is 12.6 Å². The highest BCUT2D eigenvalue weighted by atomic mass is 16.7. The lowest BCUT2D eigenvalue weighted by Crippen LogP contribution is -2.77. The number of ether oxygens (including phenoxy) is 3. The Labute approximate surface area is 208 Å². The van der Waals surface area contributed by atoms with Crippen LogP contribution in [0.15, 0.2) is 0 Å². The molecule has 5 fully saturated rings. The second-order valence-electron chi connectivity index (χ2n) is 11.4. The minimum atomic E-state index is -1.22. The van der Waals surface area contributed by atoms with Crippen molar-refractivity contribution >= 4 is 12.0 Å². The van der Waals surface area contributed by atoms with Gasteiger partial charge in [-0.2, -0.15) is 0 Å². The first kappa shape index (κ1) is 24.9. The van der Waals surface area contributed by atoms with E-state index in [1.54, 1.807) is 7.11 Å². The Hall–Kier alpha value is -1.82. The molecule has 7 atom stereocenters. The van der Waals surface area contributed by atoms with Gasteiger partial charge in [0, 0.05) is 32.0 Å².